The fourth-order valence-electron chi connectivity index (χ4n) is 2.96. The van der Waals surface area contributed by atoms with Crippen molar-refractivity contribution in [3.05, 3.63) is 53.9 Å². The molecule has 0 amide bonds. The molecule has 1 aliphatic rings. The molecule has 0 spiro atoms. The van der Waals surface area contributed by atoms with Gasteiger partial charge < -0.3 is 19.8 Å². The Kier molecular flexibility index (Phi) is 3.82. The van der Waals surface area contributed by atoms with Gasteiger partial charge in [0.05, 0.1) is 22.6 Å². The van der Waals surface area contributed by atoms with Gasteiger partial charge in [0, 0.05) is 18.6 Å². The monoisotopic (exact) mass is 339 g/mol. The first-order valence-corrected chi connectivity index (χ1v) is 8.22. The van der Waals surface area contributed by atoms with E-state index in [1.165, 1.54) is 5.56 Å². The predicted molar refractivity (Wildman–Crippen MR) is 96.8 cm³/mol. The lowest BCUT2D eigenvalue weighted by Crippen LogP contribution is -2.19. The van der Waals surface area contributed by atoms with Crippen molar-refractivity contribution in [2.45, 2.75) is 13.0 Å². The van der Waals surface area contributed by atoms with E-state index in [4.69, 9.17) is 32.4 Å². The van der Waals surface area contributed by atoms with Crippen molar-refractivity contribution in [1.29, 1.82) is 0 Å². The Balaban J connectivity index is 1.83. The molecular weight excluding hydrogens is 322 g/mol. The standard InChI is InChI=1S/C18H17N3O2S/c19-17(24)11-21-14-10-16-15(22-6-7-23-16)9-13(14)20-18(21)8-12-4-2-1-3-5-12/h1-5,9-10H,6-8,11H2,(H2,19,24). The van der Waals surface area contributed by atoms with Crippen molar-refractivity contribution in [3.63, 3.8) is 0 Å². The summed E-state index contributed by atoms with van der Waals surface area (Å²) in [6.45, 7) is 1.56. The molecule has 0 aliphatic carbocycles. The van der Waals surface area contributed by atoms with Crippen LogP contribution < -0.4 is 15.2 Å². The van der Waals surface area contributed by atoms with Crippen molar-refractivity contribution in [3.8, 4) is 11.5 Å². The van der Waals surface area contributed by atoms with Crippen LogP contribution in [0.3, 0.4) is 0 Å². The van der Waals surface area contributed by atoms with Gasteiger partial charge in [0.2, 0.25) is 0 Å². The molecule has 4 rings (SSSR count). The van der Waals surface area contributed by atoms with E-state index < -0.39 is 0 Å². The van der Waals surface area contributed by atoms with Crippen molar-refractivity contribution in [1.82, 2.24) is 9.55 Å². The van der Waals surface area contributed by atoms with E-state index in [2.05, 4.69) is 16.7 Å². The summed E-state index contributed by atoms with van der Waals surface area (Å²) in [5.41, 5.74) is 8.81. The van der Waals surface area contributed by atoms with Gasteiger partial charge in [-0.25, -0.2) is 4.98 Å². The number of aromatic nitrogens is 2. The van der Waals surface area contributed by atoms with Crippen LogP contribution in [-0.4, -0.2) is 27.8 Å². The lowest BCUT2D eigenvalue weighted by atomic mass is 10.1. The highest BCUT2D eigenvalue weighted by atomic mass is 32.1. The minimum Gasteiger partial charge on any atom is -0.486 e. The summed E-state index contributed by atoms with van der Waals surface area (Å²) in [7, 11) is 0. The number of imidazole rings is 1. The van der Waals surface area contributed by atoms with Gasteiger partial charge >= 0.3 is 0 Å². The average Bonchev–Trinajstić information content (AvgIpc) is 2.90. The maximum Gasteiger partial charge on any atom is 0.163 e. The molecule has 1 aromatic heterocycles. The van der Waals surface area contributed by atoms with Crippen LogP contribution in [0.2, 0.25) is 0 Å². The second kappa shape index (κ2) is 6.13. The first-order valence-electron chi connectivity index (χ1n) is 7.82. The molecule has 6 heteroatoms. The number of thiocarbonyl (C=S) groups is 1. The van der Waals surface area contributed by atoms with Gasteiger partial charge in [0.15, 0.2) is 11.5 Å². The molecule has 0 unspecified atom stereocenters. The van der Waals surface area contributed by atoms with E-state index >= 15 is 0 Å². The number of benzene rings is 2. The molecule has 1 aliphatic heterocycles. The lowest BCUT2D eigenvalue weighted by Gasteiger charge is -2.18. The Morgan fingerprint density at radius 3 is 2.54 bits per heavy atom. The summed E-state index contributed by atoms with van der Waals surface area (Å²) < 4.78 is 13.4. The van der Waals surface area contributed by atoms with Crippen LogP contribution >= 0.6 is 12.2 Å². The number of nitrogens with zero attached hydrogens (tertiary/aromatic N) is 2. The first kappa shape index (κ1) is 15.0. The molecule has 0 atom stereocenters. The highest BCUT2D eigenvalue weighted by molar-refractivity contribution is 7.80. The second-order valence-electron chi connectivity index (χ2n) is 5.73. The van der Waals surface area contributed by atoms with Gasteiger partial charge in [0.25, 0.3) is 0 Å². The molecule has 122 valence electrons. The molecule has 0 saturated carbocycles. The third-order valence-corrected chi connectivity index (χ3v) is 4.14. The van der Waals surface area contributed by atoms with Gasteiger partial charge in [-0.1, -0.05) is 42.5 Å². The highest BCUT2D eigenvalue weighted by Gasteiger charge is 2.18. The van der Waals surface area contributed by atoms with Crippen LogP contribution in [0, 0.1) is 0 Å². The summed E-state index contributed by atoms with van der Waals surface area (Å²) in [5.74, 6) is 2.40. The molecule has 24 heavy (non-hydrogen) atoms. The maximum atomic E-state index is 5.80. The van der Waals surface area contributed by atoms with E-state index in [1.807, 2.05) is 30.3 Å². The van der Waals surface area contributed by atoms with E-state index in [1.54, 1.807) is 0 Å². The van der Waals surface area contributed by atoms with Gasteiger partial charge in [0.1, 0.15) is 19.0 Å². The summed E-state index contributed by atoms with van der Waals surface area (Å²) in [6, 6.07) is 14.1. The fourth-order valence-corrected chi connectivity index (χ4v) is 3.09. The largest absolute Gasteiger partial charge is 0.486 e. The second-order valence-corrected chi connectivity index (χ2v) is 6.25. The molecule has 2 N–H and O–H groups in total. The first-order chi connectivity index (χ1) is 11.7. The normalized spacial score (nSPS) is 13.2. The lowest BCUT2D eigenvalue weighted by molar-refractivity contribution is 0.172. The van der Waals surface area contributed by atoms with Crippen LogP contribution in [0.15, 0.2) is 42.5 Å². The SMILES string of the molecule is NC(=S)Cn1c(Cc2ccccc2)nc2cc3c(cc21)OCCO3. The van der Waals surface area contributed by atoms with Crippen LogP contribution in [0.4, 0.5) is 0 Å². The number of ether oxygens (including phenoxy) is 2. The molecule has 3 aromatic rings. The summed E-state index contributed by atoms with van der Waals surface area (Å²) in [5, 5.41) is 0. The summed E-state index contributed by atoms with van der Waals surface area (Å²) in [6.07, 6.45) is 0.713. The van der Waals surface area contributed by atoms with Crippen molar-refractivity contribution < 1.29 is 9.47 Å². The molecular formula is C18H17N3O2S. The van der Waals surface area contributed by atoms with E-state index in [9.17, 15) is 0 Å². The highest BCUT2D eigenvalue weighted by Crippen LogP contribution is 2.35. The maximum absolute atomic E-state index is 5.80. The molecule has 0 bridgehead atoms. The van der Waals surface area contributed by atoms with E-state index in [0.29, 0.717) is 31.2 Å². The number of rotatable bonds is 4. The molecule has 0 saturated heterocycles. The molecule has 2 heterocycles. The number of fused-ring (bicyclic) bond motifs is 2. The fraction of sp³-hybridized carbons (Fsp3) is 0.222. The zero-order chi connectivity index (χ0) is 16.5. The molecule has 5 nitrogen and oxygen atoms in total. The Morgan fingerprint density at radius 2 is 1.83 bits per heavy atom. The topological polar surface area (TPSA) is 62.3 Å². The Morgan fingerprint density at radius 1 is 1.12 bits per heavy atom. The minimum atomic E-state index is 0.429. The van der Waals surface area contributed by atoms with Crippen LogP contribution in [0.25, 0.3) is 11.0 Å². The summed E-state index contributed by atoms with van der Waals surface area (Å²) in [4.78, 5) is 5.21. The van der Waals surface area contributed by atoms with Crippen LogP contribution in [0.5, 0.6) is 11.5 Å². The van der Waals surface area contributed by atoms with Gasteiger partial charge in [-0.2, -0.15) is 0 Å². The number of hydrogen-bond donors (Lipinski definition) is 1. The van der Waals surface area contributed by atoms with Crippen LogP contribution in [-0.2, 0) is 13.0 Å². The zero-order valence-corrected chi connectivity index (χ0v) is 13.9. The Labute approximate surface area is 145 Å². The van der Waals surface area contributed by atoms with Crippen LogP contribution in [0.1, 0.15) is 11.4 Å². The van der Waals surface area contributed by atoms with Gasteiger partial charge in [-0.3, -0.25) is 0 Å². The Bertz CT molecular complexity index is 906. The van der Waals surface area contributed by atoms with E-state index in [0.717, 1.165) is 28.4 Å². The van der Waals surface area contributed by atoms with Gasteiger partial charge in [-0.15, -0.1) is 0 Å². The van der Waals surface area contributed by atoms with Gasteiger partial charge in [-0.05, 0) is 5.56 Å². The minimum absolute atomic E-state index is 0.429. The predicted octanol–water partition coefficient (Wildman–Crippen LogP) is 2.68. The number of hydrogen-bond acceptors (Lipinski definition) is 4. The summed E-state index contributed by atoms with van der Waals surface area (Å²) >= 11 is 5.12. The van der Waals surface area contributed by atoms with E-state index in [-0.39, 0.29) is 0 Å². The average molecular weight is 339 g/mol. The number of nitrogens with two attached hydrogens (primary N) is 1. The smallest absolute Gasteiger partial charge is 0.163 e. The quantitative estimate of drug-likeness (QED) is 0.741. The molecule has 0 fully saturated rings. The third kappa shape index (κ3) is 2.80. The van der Waals surface area contributed by atoms with Crippen molar-refractivity contribution in [2.75, 3.05) is 13.2 Å². The molecule has 2 aromatic carbocycles. The van der Waals surface area contributed by atoms with Crippen molar-refractivity contribution in [2.24, 2.45) is 5.73 Å². The Hall–Kier alpha value is -2.60. The van der Waals surface area contributed by atoms with Crippen molar-refractivity contribution >= 4 is 28.2 Å². The zero-order valence-electron chi connectivity index (χ0n) is 13.1. The third-order valence-electron chi connectivity index (χ3n) is 4.01. The molecule has 0 radical (unpaired) electrons.